The molecule has 96 valence electrons. The second-order valence-electron chi connectivity index (χ2n) is 4.33. The number of nitrogens with zero attached hydrogens (tertiary/aromatic N) is 1. The summed E-state index contributed by atoms with van der Waals surface area (Å²) >= 11 is 0. The van der Waals surface area contributed by atoms with E-state index >= 15 is 0 Å². The van der Waals surface area contributed by atoms with Crippen molar-refractivity contribution >= 4 is 11.5 Å². The van der Waals surface area contributed by atoms with Crippen LogP contribution in [-0.2, 0) is 6.54 Å². The lowest BCUT2D eigenvalue weighted by molar-refractivity contribution is 0.508. The van der Waals surface area contributed by atoms with E-state index in [-0.39, 0.29) is 5.84 Å². The van der Waals surface area contributed by atoms with Gasteiger partial charge < -0.3 is 4.90 Å². The van der Waals surface area contributed by atoms with Gasteiger partial charge in [-0.05, 0) is 29.8 Å². The molecule has 0 saturated heterocycles. The SMILES string of the molecule is N=C1c2cc(F)ccc2CN1c1ccc(F)c(F)c1. The number of benzene rings is 2. The molecule has 0 radical (unpaired) electrons. The van der Waals surface area contributed by atoms with Crippen molar-refractivity contribution in [1.29, 1.82) is 5.41 Å². The summed E-state index contributed by atoms with van der Waals surface area (Å²) in [5.74, 6) is -2.23. The fraction of sp³-hybridized carbons (Fsp3) is 0.0714. The van der Waals surface area contributed by atoms with Crippen LogP contribution < -0.4 is 4.90 Å². The molecule has 0 saturated carbocycles. The Morgan fingerprint density at radius 2 is 1.74 bits per heavy atom. The van der Waals surface area contributed by atoms with Crippen LogP contribution in [0, 0.1) is 22.9 Å². The average molecular weight is 262 g/mol. The lowest BCUT2D eigenvalue weighted by Gasteiger charge is -2.18. The highest BCUT2D eigenvalue weighted by Crippen LogP contribution is 2.29. The maximum absolute atomic E-state index is 13.2. The van der Waals surface area contributed by atoms with Gasteiger partial charge in [-0.15, -0.1) is 0 Å². The molecule has 2 nitrogen and oxygen atoms in total. The average Bonchev–Trinajstić information content (AvgIpc) is 2.70. The molecule has 1 N–H and O–H groups in total. The van der Waals surface area contributed by atoms with Crippen LogP contribution in [-0.4, -0.2) is 5.84 Å². The van der Waals surface area contributed by atoms with E-state index in [0.717, 1.165) is 17.7 Å². The molecule has 0 atom stereocenters. The van der Waals surface area contributed by atoms with Gasteiger partial charge in [-0.1, -0.05) is 6.07 Å². The third-order valence-electron chi connectivity index (χ3n) is 3.14. The molecule has 0 aliphatic carbocycles. The van der Waals surface area contributed by atoms with Crippen LogP contribution in [0.4, 0.5) is 18.9 Å². The standard InChI is InChI=1S/C14H9F3N2/c15-9-2-1-8-7-19(14(18)11(8)5-9)10-3-4-12(16)13(17)6-10/h1-6,18H,7H2. The van der Waals surface area contributed by atoms with Crippen LogP contribution >= 0.6 is 0 Å². The molecule has 1 heterocycles. The highest BCUT2D eigenvalue weighted by molar-refractivity contribution is 6.11. The fourth-order valence-corrected chi connectivity index (χ4v) is 2.18. The summed E-state index contributed by atoms with van der Waals surface area (Å²) in [6.07, 6.45) is 0. The number of hydrogen-bond acceptors (Lipinski definition) is 1. The summed E-state index contributed by atoms with van der Waals surface area (Å²) in [5.41, 5.74) is 1.64. The third kappa shape index (κ3) is 1.87. The van der Waals surface area contributed by atoms with Gasteiger partial charge in [0.2, 0.25) is 0 Å². The fourth-order valence-electron chi connectivity index (χ4n) is 2.18. The first kappa shape index (κ1) is 11.8. The van der Waals surface area contributed by atoms with Crippen molar-refractivity contribution in [3.05, 3.63) is 65.0 Å². The van der Waals surface area contributed by atoms with E-state index in [4.69, 9.17) is 5.41 Å². The van der Waals surface area contributed by atoms with Crippen LogP contribution in [0.2, 0.25) is 0 Å². The van der Waals surface area contributed by atoms with Gasteiger partial charge in [0.15, 0.2) is 11.6 Å². The van der Waals surface area contributed by atoms with Crippen molar-refractivity contribution in [3.8, 4) is 0 Å². The van der Waals surface area contributed by atoms with Crippen molar-refractivity contribution in [2.75, 3.05) is 4.90 Å². The van der Waals surface area contributed by atoms with Gasteiger partial charge in [0.05, 0.1) is 6.54 Å². The maximum atomic E-state index is 13.2. The summed E-state index contributed by atoms with van der Waals surface area (Å²) in [7, 11) is 0. The minimum Gasteiger partial charge on any atom is -0.322 e. The van der Waals surface area contributed by atoms with Gasteiger partial charge in [0, 0.05) is 17.3 Å². The quantitative estimate of drug-likeness (QED) is 0.837. The van der Waals surface area contributed by atoms with E-state index in [1.165, 1.54) is 23.1 Å². The minimum atomic E-state index is -0.965. The molecule has 19 heavy (non-hydrogen) atoms. The smallest absolute Gasteiger partial charge is 0.160 e. The van der Waals surface area contributed by atoms with E-state index in [1.54, 1.807) is 6.07 Å². The number of hydrogen-bond donors (Lipinski definition) is 1. The zero-order chi connectivity index (χ0) is 13.6. The summed E-state index contributed by atoms with van der Waals surface area (Å²) < 4.78 is 39.3. The molecular weight excluding hydrogens is 253 g/mol. The molecule has 0 bridgehead atoms. The lowest BCUT2D eigenvalue weighted by Crippen LogP contribution is -2.23. The topological polar surface area (TPSA) is 27.1 Å². The normalized spacial score (nSPS) is 13.8. The van der Waals surface area contributed by atoms with Crippen molar-refractivity contribution < 1.29 is 13.2 Å². The highest BCUT2D eigenvalue weighted by Gasteiger charge is 2.26. The molecule has 5 heteroatoms. The van der Waals surface area contributed by atoms with Gasteiger partial charge in [0.1, 0.15) is 11.7 Å². The number of amidine groups is 1. The zero-order valence-corrected chi connectivity index (χ0v) is 9.75. The Morgan fingerprint density at radius 3 is 2.47 bits per heavy atom. The Morgan fingerprint density at radius 1 is 0.947 bits per heavy atom. The van der Waals surface area contributed by atoms with E-state index < -0.39 is 17.5 Å². The van der Waals surface area contributed by atoms with Crippen LogP contribution in [0.15, 0.2) is 36.4 Å². The summed E-state index contributed by atoms with van der Waals surface area (Å²) in [6, 6.07) is 7.64. The summed E-state index contributed by atoms with van der Waals surface area (Å²) in [5, 5.41) is 7.99. The first-order valence-corrected chi connectivity index (χ1v) is 5.66. The molecule has 1 aliphatic heterocycles. The molecule has 2 aromatic rings. The van der Waals surface area contributed by atoms with Crippen molar-refractivity contribution in [2.24, 2.45) is 0 Å². The van der Waals surface area contributed by atoms with E-state index in [2.05, 4.69) is 0 Å². The molecule has 3 rings (SSSR count). The Labute approximate surface area is 107 Å². The number of fused-ring (bicyclic) bond motifs is 1. The molecule has 2 aromatic carbocycles. The molecule has 0 aromatic heterocycles. The van der Waals surface area contributed by atoms with E-state index in [9.17, 15) is 13.2 Å². The Kier molecular flexibility index (Phi) is 2.55. The lowest BCUT2D eigenvalue weighted by atomic mass is 10.1. The van der Waals surface area contributed by atoms with Crippen LogP contribution in [0.3, 0.4) is 0 Å². The predicted octanol–water partition coefficient (Wildman–Crippen LogP) is 3.45. The molecule has 0 fully saturated rings. The monoisotopic (exact) mass is 262 g/mol. The number of halogens is 3. The number of rotatable bonds is 1. The number of anilines is 1. The second-order valence-corrected chi connectivity index (χ2v) is 4.33. The summed E-state index contributed by atoms with van der Waals surface area (Å²) in [6.45, 7) is 0.347. The molecule has 0 unspecified atom stereocenters. The second kappa shape index (κ2) is 4.12. The van der Waals surface area contributed by atoms with Gasteiger partial charge in [-0.3, -0.25) is 5.41 Å². The van der Waals surface area contributed by atoms with Gasteiger partial charge >= 0.3 is 0 Å². The molecule has 0 spiro atoms. The molecular formula is C14H9F3N2. The Balaban J connectivity index is 2.01. The number of nitrogens with one attached hydrogen (secondary N) is 1. The van der Waals surface area contributed by atoms with Crippen molar-refractivity contribution in [2.45, 2.75) is 6.54 Å². The first-order valence-electron chi connectivity index (χ1n) is 5.66. The Bertz CT molecular complexity index is 682. The largest absolute Gasteiger partial charge is 0.322 e. The minimum absolute atomic E-state index is 0.0838. The maximum Gasteiger partial charge on any atom is 0.160 e. The van der Waals surface area contributed by atoms with Crippen molar-refractivity contribution in [3.63, 3.8) is 0 Å². The Hall–Kier alpha value is -2.30. The predicted molar refractivity (Wildman–Crippen MR) is 65.8 cm³/mol. The summed E-state index contributed by atoms with van der Waals surface area (Å²) in [4.78, 5) is 1.51. The molecule has 1 aliphatic rings. The van der Waals surface area contributed by atoms with Gasteiger partial charge in [-0.2, -0.15) is 0 Å². The van der Waals surface area contributed by atoms with Crippen LogP contribution in [0.25, 0.3) is 0 Å². The van der Waals surface area contributed by atoms with E-state index in [1.807, 2.05) is 0 Å². The van der Waals surface area contributed by atoms with Crippen molar-refractivity contribution in [1.82, 2.24) is 0 Å². The van der Waals surface area contributed by atoms with Gasteiger partial charge in [0.25, 0.3) is 0 Å². The molecule has 0 amide bonds. The van der Waals surface area contributed by atoms with Gasteiger partial charge in [-0.25, -0.2) is 13.2 Å². The van der Waals surface area contributed by atoms with Crippen LogP contribution in [0.5, 0.6) is 0 Å². The highest BCUT2D eigenvalue weighted by atomic mass is 19.2. The van der Waals surface area contributed by atoms with E-state index in [0.29, 0.717) is 17.8 Å². The first-order chi connectivity index (χ1) is 9.06. The van der Waals surface area contributed by atoms with Crippen LogP contribution in [0.1, 0.15) is 11.1 Å². The third-order valence-corrected chi connectivity index (χ3v) is 3.14. The zero-order valence-electron chi connectivity index (χ0n) is 9.75.